The number of hydrogen-bond acceptors (Lipinski definition) is 5. The number of piperidine rings is 1. The molecule has 1 amide bonds. The predicted octanol–water partition coefficient (Wildman–Crippen LogP) is 2.66. The summed E-state index contributed by atoms with van der Waals surface area (Å²) in [7, 11) is 0. The number of carbonyl (C=O) groups is 1. The summed E-state index contributed by atoms with van der Waals surface area (Å²) < 4.78 is 1.94. The van der Waals surface area contributed by atoms with E-state index in [0.29, 0.717) is 24.8 Å². The smallest absolute Gasteiger partial charge is 0.276 e. The van der Waals surface area contributed by atoms with Crippen LogP contribution in [0, 0.1) is 6.92 Å². The van der Waals surface area contributed by atoms with E-state index in [4.69, 9.17) is 0 Å². The fourth-order valence-corrected chi connectivity index (χ4v) is 3.72. The molecule has 0 saturated carbocycles. The fourth-order valence-electron chi connectivity index (χ4n) is 3.00. The minimum absolute atomic E-state index is 0. The van der Waals surface area contributed by atoms with E-state index in [2.05, 4.69) is 21.7 Å². The van der Waals surface area contributed by atoms with Gasteiger partial charge in [-0.15, -0.1) is 28.8 Å². The molecular weight excluding hydrogens is 346 g/mol. The van der Waals surface area contributed by atoms with Gasteiger partial charge in [-0.25, -0.2) is 4.68 Å². The minimum Gasteiger partial charge on any atom is -0.332 e. The summed E-state index contributed by atoms with van der Waals surface area (Å²) in [4.78, 5) is 15.8. The Hall–Kier alpha value is -1.44. The predicted molar refractivity (Wildman–Crippen MR) is 97.9 cm³/mol. The van der Waals surface area contributed by atoms with Gasteiger partial charge in [0.15, 0.2) is 5.69 Å². The molecule has 0 atom stereocenters. The van der Waals surface area contributed by atoms with Gasteiger partial charge in [0.1, 0.15) is 0 Å². The van der Waals surface area contributed by atoms with Crippen molar-refractivity contribution in [1.82, 2.24) is 25.2 Å². The van der Waals surface area contributed by atoms with Crippen LogP contribution in [-0.2, 0) is 6.54 Å². The summed E-state index contributed by atoms with van der Waals surface area (Å²) in [6, 6.07) is 4.41. The van der Waals surface area contributed by atoms with E-state index < -0.39 is 0 Å². The van der Waals surface area contributed by atoms with Crippen molar-refractivity contribution in [3.63, 3.8) is 0 Å². The monoisotopic (exact) mass is 369 g/mol. The van der Waals surface area contributed by atoms with Gasteiger partial charge in [-0.05, 0) is 51.2 Å². The third-order valence-corrected chi connectivity index (χ3v) is 5.24. The van der Waals surface area contributed by atoms with Crippen molar-refractivity contribution in [2.75, 3.05) is 19.6 Å². The Kier molecular flexibility index (Phi) is 6.77. The molecule has 24 heavy (non-hydrogen) atoms. The lowest BCUT2D eigenvalue weighted by atomic mass is 10.1. The highest BCUT2D eigenvalue weighted by Crippen LogP contribution is 2.21. The molecule has 0 bridgehead atoms. The summed E-state index contributed by atoms with van der Waals surface area (Å²) in [6.07, 6.45) is 2.06. The molecule has 0 unspecified atom stereocenters. The van der Waals surface area contributed by atoms with Gasteiger partial charge >= 0.3 is 0 Å². The van der Waals surface area contributed by atoms with Crippen LogP contribution in [0.15, 0.2) is 17.5 Å². The Balaban J connectivity index is 0.00000208. The molecule has 1 saturated heterocycles. The molecule has 1 fully saturated rings. The van der Waals surface area contributed by atoms with Crippen molar-refractivity contribution in [2.24, 2.45) is 0 Å². The van der Waals surface area contributed by atoms with Crippen LogP contribution in [0.3, 0.4) is 0 Å². The average molecular weight is 370 g/mol. The van der Waals surface area contributed by atoms with E-state index in [1.807, 2.05) is 34.9 Å². The van der Waals surface area contributed by atoms with Crippen LogP contribution in [-0.4, -0.2) is 45.4 Å². The van der Waals surface area contributed by atoms with Gasteiger partial charge in [0.2, 0.25) is 0 Å². The van der Waals surface area contributed by atoms with Crippen LogP contribution in [0.25, 0.3) is 0 Å². The first-order valence-corrected chi connectivity index (χ1v) is 9.02. The fraction of sp³-hybridized carbons (Fsp3) is 0.562. The maximum atomic E-state index is 12.8. The number of thiophene rings is 1. The molecule has 2 aromatic rings. The third kappa shape index (κ3) is 3.96. The number of halogens is 1. The second-order valence-corrected chi connectivity index (χ2v) is 6.88. The van der Waals surface area contributed by atoms with E-state index in [9.17, 15) is 4.79 Å². The van der Waals surface area contributed by atoms with Gasteiger partial charge in [-0.3, -0.25) is 4.79 Å². The van der Waals surface area contributed by atoms with Crippen LogP contribution in [0.2, 0.25) is 0 Å². The van der Waals surface area contributed by atoms with Crippen molar-refractivity contribution in [1.29, 1.82) is 0 Å². The molecule has 8 heteroatoms. The average Bonchev–Trinajstić information content (AvgIpc) is 3.22. The first kappa shape index (κ1) is 18.9. The standard InChI is InChI=1S/C16H23N5OS.ClH/c1-3-20(11-14-5-4-10-23-14)16(22)15-12(2)21(19-18-15)13-6-8-17-9-7-13;/h4-5,10,13,17H,3,6-9,11H2,1-2H3;1H. The first-order valence-electron chi connectivity index (χ1n) is 8.15. The quantitative estimate of drug-likeness (QED) is 0.880. The van der Waals surface area contributed by atoms with Gasteiger partial charge in [0, 0.05) is 11.4 Å². The molecule has 1 aliphatic rings. The molecule has 0 aromatic carbocycles. The molecule has 0 aliphatic carbocycles. The number of nitrogens with zero attached hydrogens (tertiary/aromatic N) is 4. The second kappa shape index (κ2) is 8.60. The molecule has 1 N–H and O–H groups in total. The van der Waals surface area contributed by atoms with Gasteiger partial charge in [0.25, 0.3) is 5.91 Å². The molecule has 2 aromatic heterocycles. The van der Waals surface area contributed by atoms with Gasteiger partial charge in [-0.1, -0.05) is 11.3 Å². The molecule has 3 heterocycles. The third-order valence-electron chi connectivity index (χ3n) is 4.38. The number of nitrogens with one attached hydrogen (secondary N) is 1. The van der Waals surface area contributed by atoms with Crippen molar-refractivity contribution >= 4 is 29.7 Å². The van der Waals surface area contributed by atoms with Crippen LogP contribution in [0.1, 0.15) is 46.9 Å². The maximum Gasteiger partial charge on any atom is 0.276 e. The Labute approximate surface area is 152 Å². The van der Waals surface area contributed by atoms with E-state index in [1.54, 1.807) is 11.3 Å². The summed E-state index contributed by atoms with van der Waals surface area (Å²) in [5, 5.41) is 13.8. The molecule has 132 valence electrons. The number of amides is 1. The lowest BCUT2D eigenvalue weighted by Gasteiger charge is -2.23. The van der Waals surface area contributed by atoms with E-state index in [0.717, 1.165) is 31.6 Å². The van der Waals surface area contributed by atoms with Gasteiger partial charge in [0.05, 0.1) is 18.3 Å². The lowest BCUT2D eigenvalue weighted by Crippen LogP contribution is -2.32. The van der Waals surface area contributed by atoms with Crippen LogP contribution < -0.4 is 5.32 Å². The highest BCUT2D eigenvalue weighted by Gasteiger charge is 2.25. The molecule has 0 radical (unpaired) electrons. The van der Waals surface area contributed by atoms with Crippen LogP contribution in [0.5, 0.6) is 0 Å². The Bertz CT molecular complexity index is 651. The van der Waals surface area contributed by atoms with Crippen LogP contribution >= 0.6 is 23.7 Å². The largest absolute Gasteiger partial charge is 0.332 e. The number of carbonyl (C=O) groups excluding carboxylic acids is 1. The molecular formula is C16H24ClN5OS. The Morgan fingerprint density at radius 1 is 1.46 bits per heavy atom. The van der Waals surface area contributed by atoms with Crippen molar-refractivity contribution in [3.05, 3.63) is 33.8 Å². The van der Waals surface area contributed by atoms with E-state index in [1.165, 1.54) is 4.88 Å². The lowest BCUT2D eigenvalue weighted by molar-refractivity contribution is 0.0747. The van der Waals surface area contributed by atoms with E-state index >= 15 is 0 Å². The summed E-state index contributed by atoms with van der Waals surface area (Å²) in [5.74, 6) is -0.0291. The molecule has 0 spiro atoms. The zero-order chi connectivity index (χ0) is 16.2. The zero-order valence-electron chi connectivity index (χ0n) is 14.1. The number of hydrogen-bond donors (Lipinski definition) is 1. The van der Waals surface area contributed by atoms with Crippen LogP contribution in [0.4, 0.5) is 0 Å². The van der Waals surface area contributed by atoms with E-state index in [-0.39, 0.29) is 18.3 Å². The first-order chi connectivity index (χ1) is 11.2. The van der Waals surface area contributed by atoms with Gasteiger partial charge < -0.3 is 10.2 Å². The molecule has 3 rings (SSSR count). The normalized spacial score (nSPS) is 15.1. The minimum atomic E-state index is -0.0291. The Morgan fingerprint density at radius 2 is 2.21 bits per heavy atom. The number of rotatable bonds is 5. The highest BCUT2D eigenvalue weighted by atomic mass is 35.5. The molecule has 1 aliphatic heterocycles. The number of aromatic nitrogens is 3. The maximum absolute atomic E-state index is 12.8. The van der Waals surface area contributed by atoms with Crippen molar-refractivity contribution in [2.45, 2.75) is 39.3 Å². The Morgan fingerprint density at radius 3 is 2.83 bits per heavy atom. The SMILES string of the molecule is CCN(Cc1cccs1)C(=O)c1nnn(C2CCNCC2)c1C.Cl. The highest BCUT2D eigenvalue weighted by molar-refractivity contribution is 7.09. The summed E-state index contributed by atoms with van der Waals surface area (Å²) >= 11 is 1.67. The summed E-state index contributed by atoms with van der Waals surface area (Å²) in [5.41, 5.74) is 1.37. The topological polar surface area (TPSA) is 63.1 Å². The van der Waals surface area contributed by atoms with Gasteiger partial charge in [-0.2, -0.15) is 0 Å². The zero-order valence-corrected chi connectivity index (χ0v) is 15.7. The van der Waals surface area contributed by atoms with Crippen molar-refractivity contribution in [3.8, 4) is 0 Å². The second-order valence-electron chi connectivity index (χ2n) is 5.85. The van der Waals surface area contributed by atoms with Crippen molar-refractivity contribution < 1.29 is 4.79 Å². The summed E-state index contributed by atoms with van der Waals surface area (Å²) in [6.45, 7) is 7.23. The molecule has 6 nitrogen and oxygen atoms in total.